The molecule has 1 heterocycles. The van der Waals surface area contributed by atoms with E-state index in [0.29, 0.717) is 6.42 Å². The van der Waals surface area contributed by atoms with Crippen molar-refractivity contribution in [1.29, 1.82) is 0 Å². The summed E-state index contributed by atoms with van der Waals surface area (Å²) in [7, 11) is 0. The van der Waals surface area contributed by atoms with Crippen molar-refractivity contribution in [2.75, 3.05) is 6.61 Å². The van der Waals surface area contributed by atoms with Gasteiger partial charge in [-0.1, -0.05) is 11.6 Å². The minimum absolute atomic E-state index is 0.0233. The number of benzene rings is 1. The van der Waals surface area contributed by atoms with Gasteiger partial charge in [-0.05, 0) is 48.2 Å². The Morgan fingerprint density at radius 2 is 2.15 bits per heavy atom. The highest BCUT2D eigenvalue weighted by Gasteiger charge is 2.30. The maximum Gasteiger partial charge on any atom is 0.123 e. The standard InChI is InChI=1S/C16H15FN2O/c1-10-12(5-7-20)14-8-11(17)2-3-13(14)16(10)15-4-6-18-9-19-15/h2-4,6,8-9,16,20H,5,7H2,1H3. The van der Waals surface area contributed by atoms with E-state index >= 15 is 0 Å². The Kier molecular flexibility index (Phi) is 3.32. The number of aliphatic hydroxyl groups excluding tert-OH is 1. The highest BCUT2D eigenvalue weighted by atomic mass is 19.1. The van der Waals surface area contributed by atoms with Gasteiger partial charge in [0.25, 0.3) is 0 Å². The second-order valence-electron chi connectivity index (χ2n) is 4.93. The lowest BCUT2D eigenvalue weighted by molar-refractivity contribution is 0.305. The minimum Gasteiger partial charge on any atom is -0.396 e. The zero-order valence-corrected chi connectivity index (χ0v) is 11.2. The molecule has 0 fully saturated rings. The van der Waals surface area contributed by atoms with E-state index in [1.807, 2.05) is 19.1 Å². The topological polar surface area (TPSA) is 46.0 Å². The van der Waals surface area contributed by atoms with Crippen molar-refractivity contribution < 1.29 is 9.50 Å². The van der Waals surface area contributed by atoms with Crippen LogP contribution in [0.2, 0.25) is 0 Å². The van der Waals surface area contributed by atoms with Crippen LogP contribution in [0.15, 0.2) is 42.4 Å². The third-order valence-corrected chi connectivity index (χ3v) is 3.82. The van der Waals surface area contributed by atoms with Crippen molar-refractivity contribution in [1.82, 2.24) is 9.97 Å². The van der Waals surface area contributed by atoms with Gasteiger partial charge in [-0.2, -0.15) is 0 Å². The fraction of sp³-hybridized carbons (Fsp3) is 0.250. The first-order valence-corrected chi connectivity index (χ1v) is 6.58. The highest BCUT2D eigenvalue weighted by Crippen LogP contribution is 2.45. The van der Waals surface area contributed by atoms with E-state index in [2.05, 4.69) is 9.97 Å². The molecule has 1 aliphatic rings. The molecular formula is C16H15FN2O. The smallest absolute Gasteiger partial charge is 0.123 e. The third kappa shape index (κ3) is 2.02. The molecule has 0 bridgehead atoms. The number of rotatable bonds is 3. The molecule has 1 atom stereocenters. The molecule has 0 radical (unpaired) electrons. The number of allylic oxidation sites excluding steroid dienone is 1. The van der Waals surface area contributed by atoms with Crippen LogP contribution in [0.1, 0.15) is 36.1 Å². The molecule has 1 N–H and O–H groups in total. The van der Waals surface area contributed by atoms with E-state index < -0.39 is 0 Å². The molecule has 1 aromatic heterocycles. The molecule has 0 saturated heterocycles. The molecule has 1 aliphatic carbocycles. The summed E-state index contributed by atoms with van der Waals surface area (Å²) in [5.74, 6) is -0.231. The lowest BCUT2D eigenvalue weighted by Gasteiger charge is -2.13. The summed E-state index contributed by atoms with van der Waals surface area (Å²) >= 11 is 0. The molecule has 0 spiro atoms. The number of hydrogen-bond donors (Lipinski definition) is 1. The number of fused-ring (bicyclic) bond motifs is 1. The normalized spacial score (nSPS) is 17.4. The molecule has 20 heavy (non-hydrogen) atoms. The number of aromatic nitrogens is 2. The van der Waals surface area contributed by atoms with Gasteiger partial charge in [0.2, 0.25) is 0 Å². The molecule has 0 saturated carbocycles. The van der Waals surface area contributed by atoms with Crippen LogP contribution in [-0.4, -0.2) is 21.7 Å². The van der Waals surface area contributed by atoms with Crippen LogP contribution in [0, 0.1) is 5.82 Å². The van der Waals surface area contributed by atoms with Gasteiger partial charge in [-0.15, -0.1) is 0 Å². The van der Waals surface area contributed by atoms with Gasteiger partial charge in [0.1, 0.15) is 12.1 Å². The van der Waals surface area contributed by atoms with Crippen molar-refractivity contribution in [2.45, 2.75) is 19.3 Å². The van der Waals surface area contributed by atoms with Gasteiger partial charge in [0.15, 0.2) is 0 Å². The zero-order chi connectivity index (χ0) is 14.1. The van der Waals surface area contributed by atoms with Gasteiger partial charge >= 0.3 is 0 Å². The molecule has 2 aromatic rings. The van der Waals surface area contributed by atoms with Crippen LogP contribution in [0.3, 0.4) is 0 Å². The molecule has 1 unspecified atom stereocenters. The van der Waals surface area contributed by atoms with E-state index in [1.165, 1.54) is 12.4 Å². The Bertz CT molecular complexity index is 667. The first-order valence-electron chi connectivity index (χ1n) is 6.58. The summed E-state index contributed by atoms with van der Waals surface area (Å²) in [5, 5.41) is 9.24. The van der Waals surface area contributed by atoms with Crippen LogP contribution in [0.4, 0.5) is 4.39 Å². The van der Waals surface area contributed by atoms with Crippen molar-refractivity contribution in [3.63, 3.8) is 0 Å². The number of nitrogens with zero attached hydrogens (tertiary/aromatic N) is 2. The van der Waals surface area contributed by atoms with Gasteiger partial charge in [-0.3, -0.25) is 0 Å². The summed E-state index contributed by atoms with van der Waals surface area (Å²) in [4.78, 5) is 8.27. The quantitative estimate of drug-likeness (QED) is 0.932. The second kappa shape index (κ2) is 5.13. The van der Waals surface area contributed by atoms with Crippen molar-refractivity contribution in [3.8, 4) is 0 Å². The third-order valence-electron chi connectivity index (χ3n) is 3.82. The minimum atomic E-state index is -0.254. The Labute approximate surface area is 116 Å². The number of halogens is 1. The first kappa shape index (κ1) is 12.9. The van der Waals surface area contributed by atoms with Crippen molar-refractivity contribution >= 4 is 5.57 Å². The summed E-state index contributed by atoms with van der Waals surface area (Å²) in [6, 6.07) is 6.71. The second-order valence-corrected chi connectivity index (χ2v) is 4.93. The fourth-order valence-electron chi connectivity index (χ4n) is 2.96. The molecule has 1 aromatic carbocycles. The molecule has 0 aliphatic heterocycles. The molecule has 102 valence electrons. The molecule has 4 heteroatoms. The predicted molar refractivity (Wildman–Crippen MR) is 74.6 cm³/mol. The Morgan fingerprint density at radius 3 is 2.85 bits per heavy atom. The Balaban J connectivity index is 2.17. The Morgan fingerprint density at radius 1 is 1.30 bits per heavy atom. The van der Waals surface area contributed by atoms with Crippen molar-refractivity contribution in [3.05, 3.63) is 65.0 Å². The number of aliphatic hydroxyl groups is 1. The largest absolute Gasteiger partial charge is 0.396 e. The van der Waals surface area contributed by atoms with Crippen LogP contribution in [0.25, 0.3) is 5.57 Å². The SMILES string of the molecule is CC1=C(CCO)c2cc(F)ccc2C1c1ccncn1. The fourth-order valence-corrected chi connectivity index (χ4v) is 2.96. The van der Waals surface area contributed by atoms with Crippen LogP contribution in [0.5, 0.6) is 0 Å². The van der Waals surface area contributed by atoms with Crippen LogP contribution < -0.4 is 0 Å². The van der Waals surface area contributed by atoms with Gasteiger partial charge < -0.3 is 5.11 Å². The maximum absolute atomic E-state index is 13.5. The average molecular weight is 270 g/mol. The molecule has 0 amide bonds. The summed E-state index contributed by atoms with van der Waals surface area (Å²) in [5.41, 5.74) is 4.98. The first-order chi connectivity index (χ1) is 9.72. The maximum atomic E-state index is 13.5. The van der Waals surface area contributed by atoms with Gasteiger partial charge in [0, 0.05) is 18.7 Å². The van der Waals surface area contributed by atoms with E-state index in [1.54, 1.807) is 12.3 Å². The van der Waals surface area contributed by atoms with E-state index in [-0.39, 0.29) is 18.3 Å². The predicted octanol–water partition coefficient (Wildman–Crippen LogP) is 2.92. The van der Waals surface area contributed by atoms with Crippen LogP contribution >= 0.6 is 0 Å². The van der Waals surface area contributed by atoms with E-state index in [9.17, 15) is 9.50 Å². The summed E-state index contributed by atoms with van der Waals surface area (Å²) in [6.07, 6.45) is 3.77. The van der Waals surface area contributed by atoms with E-state index in [0.717, 1.165) is 28.0 Å². The lowest BCUT2D eigenvalue weighted by Crippen LogP contribution is -2.02. The zero-order valence-electron chi connectivity index (χ0n) is 11.2. The number of hydrogen-bond acceptors (Lipinski definition) is 3. The molecular weight excluding hydrogens is 255 g/mol. The summed E-state index contributed by atoms with van der Waals surface area (Å²) in [6.45, 7) is 2.08. The van der Waals surface area contributed by atoms with Gasteiger partial charge in [0.05, 0.1) is 5.69 Å². The molecule has 3 nitrogen and oxygen atoms in total. The highest BCUT2D eigenvalue weighted by molar-refractivity contribution is 5.79. The van der Waals surface area contributed by atoms with Gasteiger partial charge in [-0.25, -0.2) is 14.4 Å². The molecule has 3 rings (SSSR count). The average Bonchev–Trinajstić information content (AvgIpc) is 2.73. The monoisotopic (exact) mass is 270 g/mol. The summed E-state index contributed by atoms with van der Waals surface area (Å²) < 4.78 is 13.5. The lowest BCUT2D eigenvalue weighted by atomic mass is 9.93. The van der Waals surface area contributed by atoms with E-state index in [4.69, 9.17) is 0 Å². The van der Waals surface area contributed by atoms with Crippen LogP contribution in [-0.2, 0) is 0 Å². The van der Waals surface area contributed by atoms with Crippen molar-refractivity contribution in [2.24, 2.45) is 0 Å². The Hall–Kier alpha value is -2.07.